The lowest BCUT2D eigenvalue weighted by Gasteiger charge is -2.13. The minimum absolute atomic E-state index is 0.0914. The molecule has 1 atom stereocenters. The largest absolute Gasteiger partial charge is 0.271 e. The molecule has 0 aliphatic carbocycles. The number of nitrogens with two attached hydrogens (primary N) is 1. The normalized spacial score (nSPS) is 12.6. The molecule has 4 heteroatoms. The Morgan fingerprint density at radius 3 is 2.53 bits per heavy atom. The highest BCUT2D eigenvalue weighted by Gasteiger charge is 2.12. The zero-order chi connectivity index (χ0) is 12.1. The number of hydrazine groups is 1. The van der Waals surface area contributed by atoms with E-state index in [0.29, 0.717) is 0 Å². The molecule has 0 saturated carbocycles. The molecule has 1 unspecified atom stereocenters. The summed E-state index contributed by atoms with van der Waals surface area (Å²) in [6.07, 6.45) is 1.94. The number of hydrogen-bond acceptors (Lipinski definition) is 4. The summed E-state index contributed by atoms with van der Waals surface area (Å²) in [7, 11) is 0. The molecule has 0 aliphatic rings. The Labute approximate surface area is 106 Å². The molecule has 0 radical (unpaired) electrons. The fraction of sp³-hybridized carbons (Fsp3) is 0.308. The Kier molecular flexibility index (Phi) is 4.25. The quantitative estimate of drug-likeness (QED) is 0.630. The Morgan fingerprint density at radius 2 is 2.00 bits per heavy atom. The van der Waals surface area contributed by atoms with E-state index in [1.165, 1.54) is 11.1 Å². The van der Waals surface area contributed by atoms with Crippen LogP contribution < -0.4 is 11.3 Å². The van der Waals surface area contributed by atoms with E-state index in [0.717, 1.165) is 18.5 Å². The van der Waals surface area contributed by atoms with Gasteiger partial charge in [-0.1, -0.05) is 31.2 Å². The average Bonchev–Trinajstić information content (AvgIpc) is 2.90. The minimum Gasteiger partial charge on any atom is -0.271 e. The second-order valence-electron chi connectivity index (χ2n) is 4.01. The van der Waals surface area contributed by atoms with E-state index >= 15 is 0 Å². The maximum absolute atomic E-state index is 5.58. The number of hydrogen-bond donors (Lipinski definition) is 2. The van der Waals surface area contributed by atoms with E-state index in [9.17, 15) is 0 Å². The summed E-state index contributed by atoms with van der Waals surface area (Å²) in [4.78, 5) is 4.29. The van der Waals surface area contributed by atoms with Crippen LogP contribution in [0.4, 0.5) is 0 Å². The number of rotatable bonds is 5. The van der Waals surface area contributed by atoms with Crippen LogP contribution in [0.15, 0.2) is 35.2 Å². The van der Waals surface area contributed by atoms with Crippen molar-refractivity contribution in [2.75, 3.05) is 0 Å². The molecule has 2 rings (SSSR count). The Morgan fingerprint density at radius 1 is 1.29 bits per heavy atom. The summed E-state index contributed by atoms with van der Waals surface area (Å²) in [5, 5.41) is 2.03. The highest BCUT2D eigenvalue weighted by Crippen LogP contribution is 2.18. The molecule has 1 heterocycles. The second kappa shape index (κ2) is 5.91. The van der Waals surface area contributed by atoms with Crippen LogP contribution in [0.3, 0.4) is 0 Å². The van der Waals surface area contributed by atoms with E-state index in [1.54, 1.807) is 11.3 Å². The summed E-state index contributed by atoms with van der Waals surface area (Å²) < 4.78 is 0. The molecule has 0 aliphatic heterocycles. The lowest BCUT2D eigenvalue weighted by Crippen LogP contribution is -2.29. The molecule has 2 aromatic rings. The van der Waals surface area contributed by atoms with E-state index in [1.807, 2.05) is 10.9 Å². The highest BCUT2D eigenvalue weighted by molar-refractivity contribution is 7.07. The standard InChI is InChI=1S/C13H17N3S/c1-2-10-3-5-11(6-4-10)7-12(16-14)13-8-17-9-15-13/h3-6,8-9,12,16H,2,7,14H2,1H3. The summed E-state index contributed by atoms with van der Waals surface area (Å²) >= 11 is 1.59. The van der Waals surface area contributed by atoms with Crippen molar-refractivity contribution in [3.8, 4) is 0 Å². The van der Waals surface area contributed by atoms with Crippen molar-refractivity contribution in [1.82, 2.24) is 10.4 Å². The molecule has 0 bridgehead atoms. The van der Waals surface area contributed by atoms with Gasteiger partial charge in [-0.3, -0.25) is 11.3 Å². The van der Waals surface area contributed by atoms with E-state index in [4.69, 9.17) is 5.84 Å². The summed E-state index contributed by atoms with van der Waals surface area (Å²) in [5.41, 5.74) is 8.31. The molecular formula is C13H17N3S. The molecule has 3 nitrogen and oxygen atoms in total. The molecule has 90 valence electrons. The smallest absolute Gasteiger partial charge is 0.0795 e. The Balaban J connectivity index is 2.07. The zero-order valence-electron chi connectivity index (χ0n) is 9.89. The second-order valence-corrected chi connectivity index (χ2v) is 4.73. The van der Waals surface area contributed by atoms with Gasteiger partial charge < -0.3 is 0 Å². The maximum atomic E-state index is 5.58. The third kappa shape index (κ3) is 3.12. The van der Waals surface area contributed by atoms with Crippen LogP contribution in [0.2, 0.25) is 0 Å². The van der Waals surface area contributed by atoms with Gasteiger partial charge in [0.05, 0.1) is 17.2 Å². The fourth-order valence-electron chi connectivity index (χ4n) is 1.79. The first-order valence-electron chi connectivity index (χ1n) is 5.75. The maximum Gasteiger partial charge on any atom is 0.0795 e. The zero-order valence-corrected chi connectivity index (χ0v) is 10.7. The van der Waals surface area contributed by atoms with Crippen molar-refractivity contribution in [2.24, 2.45) is 5.84 Å². The monoisotopic (exact) mass is 247 g/mol. The van der Waals surface area contributed by atoms with Crippen molar-refractivity contribution in [3.63, 3.8) is 0 Å². The van der Waals surface area contributed by atoms with Crippen LogP contribution in [-0.2, 0) is 12.8 Å². The van der Waals surface area contributed by atoms with Crippen LogP contribution in [0, 0.1) is 0 Å². The molecule has 0 spiro atoms. The van der Waals surface area contributed by atoms with Gasteiger partial charge in [-0.2, -0.15) is 0 Å². The van der Waals surface area contributed by atoms with Crippen molar-refractivity contribution in [2.45, 2.75) is 25.8 Å². The number of thiazole rings is 1. The topological polar surface area (TPSA) is 50.9 Å². The van der Waals surface area contributed by atoms with Gasteiger partial charge in [0.15, 0.2) is 0 Å². The van der Waals surface area contributed by atoms with E-state index in [-0.39, 0.29) is 6.04 Å². The number of benzene rings is 1. The van der Waals surface area contributed by atoms with Gasteiger partial charge in [0.1, 0.15) is 0 Å². The summed E-state index contributed by atoms with van der Waals surface area (Å²) in [6, 6.07) is 8.76. The first-order valence-corrected chi connectivity index (χ1v) is 6.69. The third-order valence-corrected chi connectivity index (χ3v) is 3.49. The molecular weight excluding hydrogens is 230 g/mol. The van der Waals surface area contributed by atoms with Crippen LogP contribution in [0.25, 0.3) is 0 Å². The summed E-state index contributed by atoms with van der Waals surface area (Å²) in [5.74, 6) is 5.58. The fourth-order valence-corrected chi connectivity index (χ4v) is 2.40. The third-order valence-electron chi connectivity index (χ3n) is 2.88. The number of aryl methyl sites for hydroxylation is 1. The van der Waals surface area contributed by atoms with Crippen LogP contribution in [0.1, 0.15) is 29.8 Å². The van der Waals surface area contributed by atoms with E-state index < -0.39 is 0 Å². The van der Waals surface area contributed by atoms with Gasteiger partial charge in [0.25, 0.3) is 0 Å². The Hall–Kier alpha value is -1.23. The molecule has 17 heavy (non-hydrogen) atoms. The Bertz CT molecular complexity index is 436. The molecule has 0 fully saturated rings. The van der Waals surface area contributed by atoms with E-state index in [2.05, 4.69) is 41.6 Å². The van der Waals surface area contributed by atoms with Gasteiger partial charge >= 0.3 is 0 Å². The number of nitrogens with zero attached hydrogens (tertiary/aromatic N) is 1. The van der Waals surface area contributed by atoms with Crippen molar-refractivity contribution < 1.29 is 0 Å². The minimum atomic E-state index is 0.0914. The number of aromatic nitrogens is 1. The van der Waals surface area contributed by atoms with Gasteiger partial charge in [-0.05, 0) is 24.0 Å². The predicted molar refractivity (Wildman–Crippen MR) is 71.7 cm³/mol. The van der Waals surface area contributed by atoms with Crippen LogP contribution in [0.5, 0.6) is 0 Å². The molecule has 1 aromatic carbocycles. The van der Waals surface area contributed by atoms with Crippen LogP contribution in [-0.4, -0.2) is 4.98 Å². The van der Waals surface area contributed by atoms with Gasteiger partial charge in [-0.15, -0.1) is 11.3 Å². The lowest BCUT2D eigenvalue weighted by molar-refractivity contribution is 0.541. The van der Waals surface area contributed by atoms with Crippen molar-refractivity contribution >= 4 is 11.3 Å². The number of nitrogens with one attached hydrogen (secondary N) is 1. The SMILES string of the molecule is CCc1ccc(CC(NN)c2cscn2)cc1. The molecule has 3 N–H and O–H groups in total. The first kappa shape index (κ1) is 12.2. The van der Waals surface area contributed by atoms with Crippen molar-refractivity contribution in [3.05, 3.63) is 52.0 Å². The highest BCUT2D eigenvalue weighted by atomic mass is 32.1. The molecule has 1 aromatic heterocycles. The van der Waals surface area contributed by atoms with Gasteiger partial charge in [-0.25, -0.2) is 4.98 Å². The predicted octanol–water partition coefficient (Wildman–Crippen LogP) is 2.45. The van der Waals surface area contributed by atoms with Gasteiger partial charge in [0, 0.05) is 5.38 Å². The molecule has 0 amide bonds. The summed E-state index contributed by atoms with van der Waals surface area (Å²) in [6.45, 7) is 2.16. The van der Waals surface area contributed by atoms with Crippen LogP contribution >= 0.6 is 11.3 Å². The average molecular weight is 247 g/mol. The van der Waals surface area contributed by atoms with Gasteiger partial charge in [0.2, 0.25) is 0 Å². The van der Waals surface area contributed by atoms with Crippen molar-refractivity contribution in [1.29, 1.82) is 0 Å². The first-order chi connectivity index (χ1) is 8.33. The molecule has 0 saturated heterocycles. The lowest BCUT2D eigenvalue weighted by atomic mass is 10.0.